The SMILES string of the molecule is COC(=O)c1cc(-c2ccccc2)ccc1I. The molecule has 86 valence electrons. The monoisotopic (exact) mass is 338 g/mol. The summed E-state index contributed by atoms with van der Waals surface area (Å²) in [5, 5.41) is 0. The molecule has 2 aromatic carbocycles. The van der Waals surface area contributed by atoms with E-state index in [9.17, 15) is 4.79 Å². The summed E-state index contributed by atoms with van der Waals surface area (Å²) in [6.07, 6.45) is 0. The van der Waals surface area contributed by atoms with Crippen LogP contribution in [0.3, 0.4) is 0 Å². The highest BCUT2D eigenvalue weighted by molar-refractivity contribution is 14.1. The van der Waals surface area contributed by atoms with E-state index in [2.05, 4.69) is 22.6 Å². The summed E-state index contributed by atoms with van der Waals surface area (Å²) in [5.41, 5.74) is 2.72. The van der Waals surface area contributed by atoms with Gasteiger partial charge in [-0.05, 0) is 45.9 Å². The Balaban J connectivity index is 2.48. The van der Waals surface area contributed by atoms with Gasteiger partial charge in [0, 0.05) is 3.57 Å². The zero-order valence-corrected chi connectivity index (χ0v) is 11.5. The lowest BCUT2D eigenvalue weighted by Gasteiger charge is -2.06. The number of rotatable bonds is 2. The molecule has 0 spiro atoms. The molecule has 0 aliphatic heterocycles. The standard InChI is InChI=1S/C14H11IO2/c1-17-14(16)12-9-11(7-8-13(12)15)10-5-3-2-4-6-10/h2-9H,1H3. The highest BCUT2D eigenvalue weighted by Crippen LogP contribution is 2.23. The van der Waals surface area contributed by atoms with Crippen LogP contribution in [-0.2, 0) is 4.74 Å². The minimum Gasteiger partial charge on any atom is -0.465 e. The Morgan fingerprint density at radius 3 is 2.41 bits per heavy atom. The van der Waals surface area contributed by atoms with Crippen LogP contribution in [0.4, 0.5) is 0 Å². The quantitative estimate of drug-likeness (QED) is 0.616. The topological polar surface area (TPSA) is 26.3 Å². The summed E-state index contributed by atoms with van der Waals surface area (Å²) >= 11 is 2.13. The van der Waals surface area contributed by atoms with Crippen LogP contribution in [0.25, 0.3) is 11.1 Å². The zero-order chi connectivity index (χ0) is 12.3. The van der Waals surface area contributed by atoms with Crippen LogP contribution in [0.1, 0.15) is 10.4 Å². The van der Waals surface area contributed by atoms with Gasteiger partial charge in [0.15, 0.2) is 0 Å². The number of benzene rings is 2. The molecule has 2 nitrogen and oxygen atoms in total. The summed E-state index contributed by atoms with van der Waals surface area (Å²) in [4.78, 5) is 11.6. The molecule has 0 atom stereocenters. The lowest BCUT2D eigenvalue weighted by molar-refractivity contribution is 0.0599. The molecule has 0 bridgehead atoms. The fraction of sp³-hybridized carbons (Fsp3) is 0.0714. The van der Waals surface area contributed by atoms with Crippen LogP contribution in [-0.4, -0.2) is 13.1 Å². The molecular weight excluding hydrogens is 327 g/mol. The highest BCUT2D eigenvalue weighted by Gasteiger charge is 2.11. The lowest BCUT2D eigenvalue weighted by atomic mass is 10.0. The number of hydrogen-bond acceptors (Lipinski definition) is 2. The van der Waals surface area contributed by atoms with Crippen molar-refractivity contribution in [2.24, 2.45) is 0 Å². The molecular formula is C14H11IO2. The molecule has 0 radical (unpaired) electrons. The minimum absolute atomic E-state index is 0.299. The molecule has 0 amide bonds. The van der Waals surface area contributed by atoms with Crippen LogP contribution >= 0.6 is 22.6 Å². The Labute approximate surface area is 114 Å². The van der Waals surface area contributed by atoms with Crippen LogP contribution < -0.4 is 0 Å². The summed E-state index contributed by atoms with van der Waals surface area (Å²) in [5.74, 6) is -0.299. The van der Waals surface area contributed by atoms with E-state index < -0.39 is 0 Å². The first-order valence-corrected chi connectivity index (χ1v) is 6.23. The smallest absolute Gasteiger partial charge is 0.338 e. The number of carbonyl (C=O) groups is 1. The third-order valence-corrected chi connectivity index (χ3v) is 3.42. The van der Waals surface area contributed by atoms with Crippen molar-refractivity contribution in [1.82, 2.24) is 0 Å². The van der Waals surface area contributed by atoms with Crippen LogP contribution in [0.2, 0.25) is 0 Å². The van der Waals surface area contributed by atoms with Gasteiger partial charge in [-0.25, -0.2) is 4.79 Å². The first-order chi connectivity index (χ1) is 8.22. The van der Waals surface area contributed by atoms with E-state index in [-0.39, 0.29) is 5.97 Å². The normalized spacial score (nSPS) is 10.0. The summed E-state index contributed by atoms with van der Waals surface area (Å²) in [6.45, 7) is 0. The second-order valence-corrected chi connectivity index (χ2v) is 4.71. The van der Waals surface area contributed by atoms with Crippen molar-refractivity contribution in [3.63, 3.8) is 0 Å². The van der Waals surface area contributed by atoms with Gasteiger partial charge in [0.25, 0.3) is 0 Å². The molecule has 0 fully saturated rings. The number of esters is 1. The van der Waals surface area contributed by atoms with E-state index in [0.29, 0.717) is 5.56 Å². The Morgan fingerprint density at radius 2 is 1.76 bits per heavy atom. The Bertz CT molecular complexity index is 535. The van der Waals surface area contributed by atoms with E-state index in [1.54, 1.807) is 0 Å². The van der Waals surface area contributed by atoms with Gasteiger partial charge in [-0.2, -0.15) is 0 Å². The van der Waals surface area contributed by atoms with Gasteiger partial charge in [0.05, 0.1) is 12.7 Å². The largest absolute Gasteiger partial charge is 0.465 e. The van der Waals surface area contributed by atoms with Crippen molar-refractivity contribution in [1.29, 1.82) is 0 Å². The van der Waals surface area contributed by atoms with Crippen LogP contribution in [0, 0.1) is 3.57 Å². The molecule has 0 heterocycles. The number of methoxy groups -OCH3 is 1. The second-order valence-electron chi connectivity index (χ2n) is 3.55. The molecule has 0 aliphatic rings. The van der Waals surface area contributed by atoms with Crippen molar-refractivity contribution in [3.8, 4) is 11.1 Å². The molecule has 0 aliphatic carbocycles. The molecule has 0 saturated carbocycles. The van der Waals surface area contributed by atoms with Gasteiger partial charge < -0.3 is 4.74 Å². The van der Waals surface area contributed by atoms with Crippen molar-refractivity contribution < 1.29 is 9.53 Å². The number of hydrogen-bond donors (Lipinski definition) is 0. The molecule has 0 unspecified atom stereocenters. The van der Waals surface area contributed by atoms with Crippen molar-refractivity contribution in [2.45, 2.75) is 0 Å². The Morgan fingerprint density at radius 1 is 1.06 bits per heavy atom. The van der Waals surface area contributed by atoms with Gasteiger partial charge in [0.2, 0.25) is 0 Å². The predicted octanol–water partition coefficient (Wildman–Crippen LogP) is 3.74. The molecule has 0 aromatic heterocycles. The van der Waals surface area contributed by atoms with E-state index in [1.165, 1.54) is 7.11 Å². The maximum Gasteiger partial charge on any atom is 0.338 e. The van der Waals surface area contributed by atoms with Crippen LogP contribution in [0.15, 0.2) is 48.5 Å². The van der Waals surface area contributed by atoms with Gasteiger partial charge >= 0.3 is 5.97 Å². The lowest BCUT2D eigenvalue weighted by Crippen LogP contribution is -2.03. The average Bonchev–Trinajstić information content (AvgIpc) is 2.39. The Hall–Kier alpha value is -1.36. The van der Waals surface area contributed by atoms with E-state index in [1.807, 2.05) is 48.5 Å². The maximum absolute atomic E-state index is 11.6. The van der Waals surface area contributed by atoms with Crippen LogP contribution in [0.5, 0.6) is 0 Å². The van der Waals surface area contributed by atoms with Crippen molar-refractivity contribution in [3.05, 3.63) is 57.7 Å². The van der Waals surface area contributed by atoms with E-state index >= 15 is 0 Å². The maximum atomic E-state index is 11.6. The van der Waals surface area contributed by atoms with Gasteiger partial charge in [-0.15, -0.1) is 0 Å². The first-order valence-electron chi connectivity index (χ1n) is 5.15. The van der Waals surface area contributed by atoms with Gasteiger partial charge in [-0.1, -0.05) is 36.4 Å². The molecule has 3 heteroatoms. The van der Waals surface area contributed by atoms with Gasteiger partial charge in [0.1, 0.15) is 0 Å². The third-order valence-electron chi connectivity index (χ3n) is 2.48. The molecule has 2 rings (SSSR count). The van der Waals surface area contributed by atoms with Crippen molar-refractivity contribution in [2.75, 3.05) is 7.11 Å². The molecule has 0 saturated heterocycles. The van der Waals surface area contributed by atoms with Crippen molar-refractivity contribution >= 4 is 28.6 Å². The molecule has 2 aromatic rings. The minimum atomic E-state index is -0.299. The van der Waals surface area contributed by atoms with Gasteiger partial charge in [-0.3, -0.25) is 0 Å². The number of ether oxygens (including phenoxy) is 1. The summed E-state index contributed by atoms with van der Waals surface area (Å²) < 4.78 is 5.66. The van der Waals surface area contributed by atoms with E-state index in [0.717, 1.165) is 14.7 Å². The number of carbonyl (C=O) groups excluding carboxylic acids is 1. The third kappa shape index (κ3) is 2.66. The highest BCUT2D eigenvalue weighted by atomic mass is 127. The average molecular weight is 338 g/mol. The molecule has 17 heavy (non-hydrogen) atoms. The number of halogens is 1. The van der Waals surface area contributed by atoms with E-state index in [4.69, 9.17) is 4.74 Å². The summed E-state index contributed by atoms with van der Waals surface area (Å²) in [6, 6.07) is 15.8. The Kier molecular flexibility index (Phi) is 3.78. The zero-order valence-electron chi connectivity index (χ0n) is 9.31. The second kappa shape index (κ2) is 5.31. The fourth-order valence-corrected chi connectivity index (χ4v) is 2.16. The molecule has 0 N–H and O–H groups in total. The predicted molar refractivity (Wildman–Crippen MR) is 75.9 cm³/mol. The summed E-state index contributed by atoms with van der Waals surface area (Å²) in [7, 11) is 1.40. The fourth-order valence-electron chi connectivity index (χ4n) is 1.60. The first kappa shape index (κ1) is 12.1.